The van der Waals surface area contributed by atoms with E-state index in [-0.39, 0.29) is 11.3 Å². The molecule has 1 heterocycles. The standard InChI is InChI=1S/C19H15NOS/c21-18-13-22-19(15-7-2-1-3-8-15)20(18)17-11-10-14-6-4-5-9-16(14)12-17/h1-12,19H,13H2. The number of carbonyl (C=O) groups is 1. The molecule has 0 spiro atoms. The van der Waals surface area contributed by atoms with Gasteiger partial charge in [-0.1, -0.05) is 60.7 Å². The van der Waals surface area contributed by atoms with Crippen LogP contribution in [0.5, 0.6) is 0 Å². The zero-order valence-electron chi connectivity index (χ0n) is 12.0. The predicted molar refractivity (Wildman–Crippen MR) is 93.1 cm³/mol. The maximum Gasteiger partial charge on any atom is 0.238 e. The smallest absolute Gasteiger partial charge is 0.238 e. The predicted octanol–water partition coefficient (Wildman–Crippen LogP) is 4.62. The minimum Gasteiger partial charge on any atom is -0.295 e. The van der Waals surface area contributed by atoms with Gasteiger partial charge in [-0.3, -0.25) is 9.69 Å². The average Bonchev–Trinajstić information content (AvgIpc) is 2.97. The first kappa shape index (κ1) is 13.4. The van der Waals surface area contributed by atoms with Gasteiger partial charge in [0.05, 0.1) is 5.75 Å². The van der Waals surface area contributed by atoms with Crippen molar-refractivity contribution in [3.63, 3.8) is 0 Å². The number of hydrogen-bond acceptors (Lipinski definition) is 2. The van der Waals surface area contributed by atoms with Gasteiger partial charge in [-0.05, 0) is 28.5 Å². The molecule has 0 N–H and O–H groups in total. The zero-order valence-corrected chi connectivity index (χ0v) is 12.8. The molecule has 0 radical (unpaired) electrons. The Labute approximate surface area is 133 Å². The van der Waals surface area contributed by atoms with Crippen LogP contribution in [0.25, 0.3) is 10.8 Å². The molecule has 1 amide bonds. The molecule has 3 aromatic carbocycles. The number of fused-ring (bicyclic) bond motifs is 1. The summed E-state index contributed by atoms with van der Waals surface area (Å²) in [4.78, 5) is 14.3. The minimum absolute atomic E-state index is 0.0647. The molecule has 0 aliphatic carbocycles. The molecule has 0 bridgehead atoms. The Bertz CT molecular complexity index is 831. The van der Waals surface area contributed by atoms with Crippen LogP contribution < -0.4 is 4.90 Å². The molecule has 2 nitrogen and oxygen atoms in total. The first-order valence-corrected chi connectivity index (χ1v) is 8.35. The van der Waals surface area contributed by atoms with Gasteiger partial charge < -0.3 is 0 Å². The van der Waals surface area contributed by atoms with Gasteiger partial charge in [0.1, 0.15) is 5.37 Å². The molecule has 108 valence electrons. The fraction of sp³-hybridized carbons (Fsp3) is 0.105. The van der Waals surface area contributed by atoms with Crippen molar-refractivity contribution in [3.05, 3.63) is 78.4 Å². The molecular formula is C19H15NOS. The number of nitrogens with zero attached hydrogens (tertiary/aromatic N) is 1. The third kappa shape index (κ3) is 2.28. The van der Waals surface area contributed by atoms with Crippen molar-refractivity contribution < 1.29 is 4.79 Å². The summed E-state index contributed by atoms with van der Waals surface area (Å²) >= 11 is 1.69. The summed E-state index contributed by atoms with van der Waals surface area (Å²) in [6.45, 7) is 0. The van der Waals surface area contributed by atoms with Crippen LogP contribution in [-0.4, -0.2) is 11.7 Å². The van der Waals surface area contributed by atoms with E-state index >= 15 is 0 Å². The molecule has 4 rings (SSSR count). The van der Waals surface area contributed by atoms with Crippen LogP contribution in [0.2, 0.25) is 0 Å². The highest BCUT2D eigenvalue weighted by Crippen LogP contribution is 2.42. The van der Waals surface area contributed by atoms with Crippen LogP contribution in [0.15, 0.2) is 72.8 Å². The van der Waals surface area contributed by atoms with Crippen molar-refractivity contribution in [2.45, 2.75) is 5.37 Å². The molecule has 1 unspecified atom stereocenters. The van der Waals surface area contributed by atoms with Crippen molar-refractivity contribution in [3.8, 4) is 0 Å². The van der Waals surface area contributed by atoms with Crippen LogP contribution in [0, 0.1) is 0 Å². The summed E-state index contributed by atoms with van der Waals surface area (Å²) in [5.41, 5.74) is 2.15. The van der Waals surface area contributed by atoms with Crippen LogP contribution in [0.1, 0.15) is 10.9 Å². The number of hydrogen-bond donors (Lipinski definition) is 0. The van der Waals surface area contributed by atoms with Crippen LogP contribution in [-0.2, 0) is 4.79 Å². The van der Waals surface area contributed by atoms with Gasteiger partial charge in [0.15, 0.2) is 0 Å². The SMILES string of the molecule is O=C1CSC(c2ccccc2)N1c1ccc2ccccc2c1. The van der Waals surface area contributed by atoms with Gasteiger partial charge in [0.2, 0.25) is 5.91 Å². The topological polar surface area (TPSA) is 20.3 Å². The molecular weight excluding hydrogens is 290 g/mol. The van der Waals surface area contributed by atoms with Gasteiger partial charge in [-0.15, -0.1) is 11.8 Å². The lowest BCUT2D eigenvalue weighted by Crippen LogP contribution is -2.27. The van der Waals surface area contributed by atoms with E-state index < -0.39 is 0 Å². The van der Waals surface area contributed by atoms with E-state index in [0.717, 1.165) is 11.1 Å². The summed E-state index contributed by atoms with van der Waals surface area (Å²) in [6, 6.07) is 24.7. The maximum absolute atomic E-state index is 12.4. The Balaban J connectivity index is 1.78. The van der Waals surface area contributed by atoms with Crippen molar-refractivity contribution in [2.75, 3.05) is 10.7 Å². The van der Waals surface area contributed by atoms with Crippen LogP contribution >= 0.6 is 11.8 Å². The lowest BCUT2D eigenvalue weighted by molar-refractivity contribution is -0.115. The highest BCUT2D eigenvalue weighted by molar-refractivity contribution is 8.00. The Morgan fingerprint density at radius 2 is 1.59 bits per heavy atom. The van der Waals surface area contributed by atoms with Crippen molar-refractivity contribution in [1.29, 1.82) is 0 Å². The highest BCUT2D eigenvalue weighted by atomic mass is 32.2. The summed E-state index contributed by atoms with van der Waals surface area (Å²) in [7, 11) is 0. The highest BCUT2D eigenvalue weighted by Gasteiger charge is 2.33. The van der Waals surface area contributed by atoms with Crippen molar-refractivity contribution in [2.24, 2.45) is 0 Å². The van der Waals surface area contributed by atoms with E-state index in [2.05, 4.69) is 36.4 Å². The number of amides is 1. The molecule has 1 saturated heterocycles. The quantitative estimate of drug-likeness (QED) is 0.688. The summed E-state index contributed by atoms with van der Waals surface area (Å²) in [6.07, 6.45) is 0. The van der Waals surface area contributed by atoms with Crippen LogP contribution in [0.4, 0.5) is 5.69 Å². The van der Waals surface area contributed by atoms with E-state index in [1.807, 2.05) is 41.3 Å². The number of anilines is 1. The lowest BCUT2D eigenvalue weighted by atomic mass is 10.1. The van der Waals surface area contributed by atoms with E-state index in [1.54, 1.807) is 11.8 Å². The average molecular weight is 305 g/mol. The van der Waals surface area contributed by atoms with Crippen molar-refractivity contribution >= 4 is 34.1 Å². The third-order valence-electron chi connectivity index (χ3n) is 3.96. The molecule has 0 aromatic heterocycles. The van der Waals surface area contributed by atoms with Crippen LogP contribution in [0.3, 0.4) is 0 Å². The normalized spacial score (nSPS) is 18.1. The van der Waals surface area contributed by atoms with E-state index in [9.17, 15) is 4.79 Å². The van der Waals surface area contributed by atoms with Gasteiger partial charge in [0.25, 0.3) is 0 Å². The van der Waals surface area contributed by atoms with E-state index in [1.165, 1.54) is 10.9 Å². The number of thioether (sulfide) groups is 1. The van der Waals surface area contributed by atoms with Gasteiger partial charge in [-0.2, -0.15) is 0 Å². The summed E-state index contributed by atoms with van der Waals surface area (Å²) in [5, 5.41) is 2.42. The number of rotatable bonds is 2. The second-order valence-corrected chi connectivity index (χ2v) is 6.44. The summed E-state index contributed by atoms with van der Waals surface area (Å²) in [5.74, 6) is 0.709. The Hall–Kier alpha value is -2.26. The molecule has 1 atom stereocenters. The lowest BCUT2D eigenvalue weighted by Gasteiger charge is -2.24. The third-order valence-corrected chi connectivity index (χ3v) is 5.18. The second kappa shape index (κ2) is 5.50. The van der Waals surface area contributed by atoms with E-state index in [4.69, 9.17) is 0 Å². The summed E-state index contributed by atoms with van der Waals surface area (Å²) < 4.78 is 0. The molecule has 1 fully saturated rings. The minimum atomic E-state index is 0.0647. The molecule has 22 heavy (non-hydrogen) atoms. The maximum atomic E-state index is 12.4. The van der Waals surface area contributed by atoms with Gasteiger partial charge in [-0.25, -0.2) is 0 Å². The molecule has 1 aliphatic rings. The first-order valence-electron chi connectivity index (χ1n) is 7.30. The number of benzene rings is 3. The molecule has 3 aromatic rings. The monoisotopic (exact) mass is 305 g/mol. The number of carbonyl (C=O) groups excluding carboxylic acids is 1. The largest absolute Gasteiger partial charge is 0.295 e. The zero-order chi connectivity index (χ0) is 14.9. The Morgan fingerprint density at radius 3 is 2.41 bits per heavy atom. The second-order valence-electron chi connectivity index (χ2n) is 5.37. The van der Waals surface area contributed by atoms with Gasteiger partial charge in [0, 0.05) is 5.69 Å². The van der Waals surface area contributed by atoms with Gasteiger partial charge >= 0.3 is 0 Å². The first-order chi connectivity index (χ1) is 10.8. The molecule has 3 heteroatoms. The Kier molecular flexibility index (Phi) is 3.35. The van der Waals surface area contributed by atoms with E-state index in [0.29, 0.717) is 5.75 Å². The molecule has 1 aliphatic heterocycles. The fourth-order valence-corrected chi connectivity index (χ4v) is 4.07. The Morgan fingerprint density at radius 1 is 0.864 bits per heavy atom. The fourth-order valence-electron chi connectivity index (χ4n) is 2.89. The van der Waals surface area contributed by atoms with Crippen molar-refractivity contribution in [1.82, 2.24) is 0 Å². The molecule has 0 saturated carbocycles.